The largest absolute Gasteiger partial charge is 0.464 e. The van der Waals surface area contributed by atoms with Crippen molar-refractivity contribution in [1.29, 1.82) is 0 Å². The lowest BCUT2D eigenvalue weighted by atomic mass is 10.2. The fourth-order valence-corrected chi connectivity index (χ4v) is 10.1. The van der Waals surface area contributed by atoms with E-state index in [1.807, 2.05) is 12.1 Å². The molecule has 0 radical (unpaired) electrons. The highest BCUT2D eigenvalue weighted by Gasteiger charge is 2.33. The average molecular weight is 470 g/mol. The molecule has 0 saturated heterocycles. The third kappa shape index (κ3) is 4.31. The van der Waals surface area contributed by atoms with E-state index in [0.29, 0.717) is 5.66 Å². The van der Waals surface area contributed by atoms with Gasteiger partial charge in [-0.05, 0) is 85.1 Å². The van der Waals surface area contributed by atoms with Crippen LogP contribution in [0.15, 0.2) is 117 Å². The minimum absolute atomic E-state index is 0.367. The summed E-state index contributed by atoms with van der Waals surface area (Å²) in [5, 5.41) is 4.36. The molecule has 0 fully saturated rings. The predicted octanol–water partition coefficient (Wildman–Crippen LogP) is 6.66. The molecule has 2 aromatic carbocycles. The van der Waals surface area contributed by atoms with Crippen molar-refractivity contribution in [3.05, 3.63) is 119 Å². The van der Waals surface area contributed by atoms with Crippen LogP contribution in [0.1, 0.15) is 24.5 Å². The molecule has 1 aliphatic carbocycles. The molecule has 4 aromatic rings. The van der Waals surface area contributed by atoms with Gasteiger partial charge in [0.2, 0.25) is 0 Å². The van der Waals surface area contributed by atoms with Crippen molar-refractivity contribution < 1.29 is 8.83 Å². The summed E-state index contributed by atoms with van der Waals surface area (Å²) in [6.07, 6.45) is 9.15. The Morgan fingerprint density at radius 1 is 0.727 bits per heavy atom. The first kappa shape index (κ1) is 22.1. The molecule has 0 bridgehead atoms. The van der Waals surface area contributed by atoms with Crippen molar-refractivity contribution in [2.45, 2.75) is 32.9 Å². The summed E-state index contributed by atoms with van der Waals surface area (Å²) in [6, 6.07) is 25.9. The smallest absolute Gasteiger partial charge is 0.137 e. The maximum atomic E-state index is 5.94. The summed E-state index contributed by atoms with van der Waals surface area (Å²) in [4.78, 5) is 0. The Hall–Kier alpha value is -2.66. The van der Waals surface area contributed by atoms with Gasteiger partial charge in [-0.1, -0.05) is 67.6 Å². The SMILES string of the molecule is Cc1ccccc1P(c1ccccc1C)[C@H](C)C1=C(P(c2ccco2)c2ccco2)CC=C1. The highest BCUT2D eigenvalue weighted by Crippen LogP contribution is 2.54. The quantitative estimate of drug-likeness (QED) is 0.283. The standard InChI is InChI=1S/C29H28O2P2/c1-21-11-4-6-14-25(21)32(26-15-7-5-12-22(26)2)23(3)24-13-8-16-27(24)33(28-17-9-19-30-28)29-18-10-20-31-29/h4-15,17-20,23H,16H2,1-3H3/t23-/m1/s1. The van der Waals surface area contributed by atoms with Crippen molar-refractivity contribution in [3.63, 3.8) is 0 Å². The van der Waals surface area contributed by atoms with Crippen molar-refractivity contribution >= 4 is 37.5 Å². The van der Waals surface area contributed by atoms with E-state index < -0.39 is 15.8 Å². The molecule has 0 saturated carbocycles. The molecule has 166 valence electrons. The number of furan rings is 2. The molecule has 0 amide bonds. The van der Waals surface area contributed by atoms with Gasteiger partial charge < -0.3 is 8.83 Å². The fraction of sp³-hybridized carbons (Fsp3) is 0.172. The molecule has 4 heteroatoms. The summed E-state index contributed by atoms with van der Waals surface area (Å²) >= 11 is 0. The number of aryl methyl sites for hydroxylation is 2. The Kier molecular flexibility index (Phi) is 6.50. The zero-order valence-electron chi connectivity index (χ0n) is 19.2. The topological polar surface area (TPSA) is 26.3 Å². The molecule has 0 spiro atoms. The lowest BCUT2D eigenvalue weighted by Crippen LogP contribution is -2.24. The molecule has 1 atom stereocenters. The first-order valence-electron chi connectivity index (χ1n) is 11.3. The summed E-state index contributed by atoms with van der Waals surface area (Å²) in [7, 11) is -1.42. The Morgan fingerprint density at radius 2 is 1.27 bits per heavy atom. The van der Waals surface area contributed by atoms with E-state index in [4.69, 9.17) is 8.83 Å². The zero-order chi connectivity index (χ0) is 22.8. The van der Waals surface area contributed by atoms with E-state index in [-0.39, 0.29) is 0 Å². The van der Waals surface area contributed by atoms with Gasteiger partial charge in [-0.25, -0.2) is 0 Å². The van der Waals surface area contributed by atoms with Crippen LogP contribution in [-0.4, -0.2) is 5.66 Å². The van der Waals surface area contributed by atoms with Crippen molar-refractivity contribution in [2.75, 3.05) is 0 Å². The van der Waals surface area contributed by atoms with E-state index in [1.54, 1.807) is 12.5 Å². The van der Waals surface area contributed by atoms with Crippen molar-refractivity contribution in [1.82, 2.24) is 0 Å². The number of allylic oxidation sites excluding steroid dienone is 4. The van der Waals surface area contributed by atoms with Gasteiger partial charge in [0.15, 0.2) is 0 Å². The molecule has 0 unspecified atom stereocenters. The summed E-state index contributed by atoms with van der Waals surface area (Å²) in [5.74, 6) is 0. The second-order valence-electron chi connectivity index (χ2n) is 8.37. The second kappa shape index (κ2) is 9.68. The van der Waals surface area contributed by atoms with Gasteiger partial charge in [0, 0.05) is 5.66 Å². The predicted molar refractivity (Wildman–Crippen MR) is 142 cm³/mol. The Morgan fingerprint density at radius 3 is 1.76 bits per heavy atom. The van der Waals surface area contributed by atoms with Crippen LogP contribution in [0.5, 0.6) is 0 Å². The molecule has 2 aromatic heterocycles. The minimum Gasteiger partial charge on any atom is -0.464 e. The normalized spacial score (nSPS) is 14.6. The Balaban J connectivity index is 1.66. The van der Waals surface area contributed by atoms with Crippen LogP contribution in [0.25, 0.3) is 0 Å². The monoisotopic (exact) mass is 470 g/mol. The van der Waals surface area contributed by atoms with Crippen LogP contribution < -0.4 is 21.6 Å². The summed E-state index contributed by atoms with van der Waals surface area (Å²) in [5.41, 5.74) is 6.53. The number of hydrogen-bond donors (Lipinski definition) is 0. The van der Waals surface area contributed by atoms with E-state index in [9.17, 15) is 0 Å². The summed E-state index contributed by atoms with van der Waals surface area (Å²) < 4.78 is 11.9. The highest BCUT2D eigenvalue weighted by atomic mass is 31.1. The first-order chi connectivity index (χ1) is 16.1. The molecule has 5 rings (SSSR count). The van der Waals surface area contributed by atoms with Crippen LogP contribution in [0.2, 0.25) is 0 Å². The van der Waals surface area contributed by atoms with Gasteiger partial charge in [-0.2, -0.15) is 0 Å². The Bertz CT molecular complexity index is 1200. The first-order valence-corrected chi connectivity index (χ1v) is 14.1. The summed E-state index contributed by atoms with van der Waals surface area (Å²) in [6.45, 7) is 6.90. The van der Waals surface area contributed by atoms with Crippen LogP contribution in [0.3, 0.4) is 0 Å². The Labute approximate surface area is 198 Å². The molecule has 2 heterocycles. The van der Waals surface area contributed by atoms with Crippen LogP contribution in [-0.2, 0) is 0 Å². The maximum Gasteiger partial charge on any atom is 0.137 e. The van der Waals surface area contributed by atoms with E-state index in [1.165, 1.54) is 32.6 Å². The third-order valence-electron chi connectivity index (χ3n) is 6.25. The maximum absolute atomic E-state index is 5.94. The lowest BCUT2D eigenvalue weighted by molar-refractivity contribution is 0.593. The van der Waals surface area contributed by atoms with Crippen LogP contribution in [0, 0.1) is 13.8 Å². The van der Waals surface area contributed by atoms with Gasteiger partial charge in [0.1, 0.15) is 11.0 Å². The molecular weight excluding hydrogens is 442 g/mol. The molecular formula is C29H28O2P2. The highest BCUT2D eigenvalue weighted by molar-refractivity contribution is 7.76. The van der Waals surface area contributed by atoms with Crippen molar-refractivity contribution in [2.24, 2.45) is 0 Å². The number of hydrogen-bond acceptors (Lipinski definition) is 2. The van der Waals surface area contributed by atoms with Crippen LogP contribution in [0.4, 0.5) is 0 Å². The van der Waals surface area contributed by atoms with E-state index in [2.05, 4.69) is 93.6 Å². The molecule has 0 N–H and O–H groups in total. The van der Waals surface area contributed by atoms with Crippen LogP contribution >= 0.6 is 15.8 Å². The molecule has 0 aliphatic heterocycles. The lowest BCUT2D eigenvalue weighted by Gasteiger charge is -2.30. The van der Waals surface area contributed by atoms with Crippen molar-refractivity contribution in [3.8, 4) is 0 Å². The molecule has 2 nitrogen and oxygen atoms in total. The number of rotatable bonds is 7. The van der Waals surface area contributed by atoms with Gasteiger partial charge in [0.05, 0.1) is 20.4 Å². The minimum atomic E-state index is -0.833. The third-order valence-corrected chi connectivity index (χ3v) is 11.7. The average Bonchev–Trinajstić information content (AvgIpc) is 3.61. The number of benzene rings is 2. The van der Waals surface area contributed by atoms with Gasteiger partial charge in [0.25, 0.3) is 0 Å². The van der Waals surface area contributed by atoms with E-state index >= 15 is 0 Å². The van der Waals surface area contributed by atoms with Gasteiger partial charge in [-0.15, -0.1) is 0 Å². The molecule has 1 aliphatic rings. The van der Waals surface area contributed by atoms with E-state index in [0.717, 1.165) is 17.4 Å². The molecule has 33 heavy (non-hydrogen) atoms. The fourth-order valence-electron chi connectivity index (χ4n) is 4.63. The van der Waals surface area contributed by atoms with Gasteiger partial charge in [-0.3, -0.25) is 0 Å². The second-order valence-corrected chi connectivity index (χ2v) is 12.9. The van der Waals surface area contributed by atoms with Gasteiger partial charge >= 0.3 is 0 Å². The zero-order valence-corrected chi connectivity index (χ0v) is 21.0.